The van der Waals surface area contributed by atoms with Crippen molar-refractivity contribution >= 4 is 27.7 Å². The number of hydrogen-bond acceptors (Lipinski definition) is 7. The van der Waals surface area contributed by atoms with Gasteiger partial charge in [0.1, 0.15) is 34.5 Å². The van der Waals surface area contributed by atoms with Crippen LogP contribution in [0, 0.1) is 13.8 Å². The Hall–Kier alpha value is -4.85. The molecule has 5 rings (SSSR count). The molecule has 0 heterocycles. The summed E-state index contributed by atoms with van der Waals surface area (Å²) in [6, 6.07) is 29.9. The Bertz CT molecular complexity index is 2020. The number of benzene rings is 5. The van der Waals surface area contributed by atoms with E-state index in [9.17, 15) is 30.8 Å². The first-order valence-electron chi connectivity index (χ1n) is 14.1. The van der Waals surface area contributed by atoms with Crippen LogP contribution in [0.4, 0.5) is 17.6 Å². The zero-order valence-electron chi connectivity index (χ0n) is 25.2. The van der Waals surface area contributed by atoms with Gasteiger partial charge < -0.3 is 14.2 Å². The lowest BCUT2D eigenvalue weighted by molar-refractivity contribution is -0.0946. The van der Waals surface area contributed by atoms with Crippen LogP contribution in [0.15, 0.2) is 120 Å². The van der Waals surface area contributed by atoms with Gasteiger partial charge in [0.15, 0.2) is 5.78 Å². The molecule has 0 aliphatic rings. The van der Waals surface area contributed by atoms with Crippen molar-refractivity contribution in [3.05, 3.63) is 138 Å². The van der Waals surface area contributed by atoms with Gasteiger partial charge in [-0.05, 0) is 104 Å². The molecule has 0 amide bonds. The lowest BCUT2D eigenvalue weighted by atomic mass is 10.0. The van der Waals surface area contributed by atoms with E-state index in [1.54, 1.807) is 60.7 Å². The molecule has 0 saturated heterocycles. The molecule has 48 heavy (non-hydrogen) atoms. The molecule has 248 valence electrons. The van der Waals surface area contributed by atoms with Gasteiger partial charge in [-0.15, -0.1) is 0 Å². The van der Waals surface area contributed by atoms with Crippen LogP contribution < -0.4 is 14.2 Å². The number of aryl methyl sites for hydroxylation is 2. The van der Waals surface area contributed by atoms with Crippen molar-refractivity contribution in [2.75, 3.05) is 0 Å². The Morgan fingerprint density at radius 2 is 0.979 bits per heavy atom. The summed E-state index contributed by atoms with van der Waals surface area (Å²) in [5, 5.41) is -11.1. The summed E-state index contributed by atoms with van der Waals surface area (Å²) in [5.74, 6) is 0.793. The summed E-state index contributed by atoms with van der Waals surface area (Å²) in [6.07, 6.45) is 0. The molecule has 0 unspecified atom stereocenters. The molecule has 0 aliphatic carbocycles. The molecule has 0 spiro atoms. The average Bonchev–Trinajstić information content (AvgIpc) is 3.04. The fourth-order valence-corrected chi connectivity index (χ4v) is 5.71. The molecule has 1 N–H and O–H groups in total. The van der Waals surface area contributed by atoms with E-state index in [2.05, 4.69) is 0 Å². The van der Waals surface area contributed by atoms with Crippen molar-refractivity contribution in [1.82, 2.24) is 0 Å². The van der Waals surface area contributed by atoms with E-state index in [1.165, 1.54) is 36.4 Å². The van der Waals surface area contributed by atoms with Crippen LogP contribution in [0.2, 0.25) is 0 Å². The van der Waals surface area contributed by atoms with Crippen molar-refractivity contribution in [2.24, 2.45) is 0 Å². The minimum absolute atomic E-state index is 0.0674. The lowest BCUT2D eigenvalue weighted by Crippen LogP contribution is -2.44. The summed E-state index contributed by atoms with van der Waals surface area (Å²) in [4.78, 5) is 12.1. The highest BCUT2D eigenvalue weighted by molar-refractivity contribution is 8.01. The second kappa shape index (κ2) is 13.7. The van der Waals surface area contributed by atoms with Crippen molar-refractivity contribution in [2.45, 2.75) is 29.3 Å². The van der Waals surface area contributed by atoms with Crippen LogP contribution in [-0.2, 0) is 10.1 Å². The first kappa shape index (κ1) is 34.5. The summed E-state index contributed by atoms with van der Waals surface area (Å²) >= 11 is -0.810. The molecule has 0 atom stereocenters. The molecule has 0 aromatic heterocycles. The molecule has 7 nitrogen and oxygen atoms in total. The van der Waals surface area contributed by atoms with Gasteiger partial charge in [0.05, 0.1) is 4.90 Å². The van der Waals surface area contributed by atoms with Gasteiger partial charge >= 0.3 is 20.6 Å². The van der Waals surface area contributed by atoms with Crippen molar-refractivity contribution in [1.29, 1.82) is 0 Å². The Morgan fingerprint density at radius 1 is 0.604 bits per heavy atom. The van der Waals surface area contributed by atoms with E-state index >= 15 is 0 Å². The van der Waals surface area contributed by atoms with Gasteiger partial charge in [0.25, 0.3) is 0 Å². The number of carbonyl (C=O) groups excluding carboxylic acids is 1. The smallest absolute Gasteiger partial charge is 0.442 e. The third-order valence-electron chi connectivity index (χ3n) is 6.79. The molecule has 0 fully saturated rings. The second-order valence-electron chi connectivity index (χ2n) is 10.5. The summed E-state index contributed by atoms with van der Waals surface area (Å²) in [7, 11) is -6.46. The van der Waals surface area contributed by atoms with Crippen LogP contribution in [-0.4, -0.2) is 29.3 Å². The van der Waals surface area contributed by atoms with Crippen LogP contribution in [0.3, 0.4) is 0 Å². The van der Waals surface area contributed by atoms with Gasteiger partial charge in [-0.1, -0.05) is 47.5 Å². The molecule has 0 radical (unpaired) electrons. The van der Waals surface area contributed by atoms with E-state index in [0.717, 1.165) is 17.2 Å². The highest BCUT2D eigenvalue weighted by Gasteiger charge is 2.66. The second-order valence-corrected chi connectivity index (χ2v) is 13.1. The van der Waals surface area contributed by atoms with Crippen molar-refractivity contribution in [3.8, 4) is 34.5 Å². The van der Waals surface area contributed by atoms with Gasteiger partial charge in [0.2, 0.25) is 0 Å². The number of ketones is 1. The maximum absolute atomic E-state index is 14.6. The number of halogens is 4. The SMILES string of the molecule is Cc1ccc(Oc2ccc(Oc3ccc(Oc4ccc(C(=O)c5ccc(C)cc5)cc4)cc3)cc2SC(F)(F)C(F)(F)S(=O)(=O)O)cc1. The van der Waals surface area contributed by atoms with Gasteiger partial charge in [0, 0.05) is 11.1 Å². The summed E-state index contributed by atoms with van der Waals surface area (Å²) < 4.78 is 106. The van der Waals surface area contributed by atoms with Crippen molar-refractivity contribution < 1.29 is 49.5 Å². The monoisotopic (exact) mass is 698 g/mol. The minimum atomic E-state index is -6.46. The van der Waals surface area contributed by atoms with Crippen LogP contribution in [0.1, 0.15) is 27.0 Å². The first-order chi connectivity index (χ1) is 22.6. The third-order valence-corrected chi connectivity index (χ3v) is 8.88. The predicted molar refractivity (Wildman–Crippen MR) is 173 cm³/mol. The van der Waals surface area contributed by atoms with Gasteiger partial charge in [-0.2, -0.15) is 26.0 Å². The third kappa shape index (κ3) is 7.98. The average molecular weight is 699 g/mol. The molecule has 0 bridgehead atoms. The first-order valence-corrected chi connectivity index (χ1v) is 16.3. The summed E-state index contributed by atoms with van der Waals surface area (Å²) in [5.41, 5.74) is 2.97. The molecular weight excluding hydrogens is 673 g/mol. The standard InChI is InChI=1S/C35H26F4O7S2/c1-22-3-7-24(8-4-22)33(40)25-9-13-26(14-10-25)44-27-15-17-28(18-16-27)45-30-19-20-31(46-29-11-5-23(2)6-12-29)32(21-30)47-34(36,37)35(38,39)48(41,42)43/h3-21H,1-2H3,(H,41,42,43). The Balaban J connectivity index is 1.32. The predicted octanol–water partition coefficient (Wildman–Crippen LogP) is 10.1. The van der Waals surface area contributed by atoms with E-state index < -0.39 is 37.3 Å². The van der Waals surface area contributed by atoms with Crippen LogP contribution in [0.5, 0.6) is 34.5 Å². The quantitative estimate of drug-likeness (QED) is 0.0595. The van der Waals surface area contributed by atoms with Gasteiger partial charge in [-0.3, -0.25) is 9.35 Å². The fraction of sp³-hybridized carbons (Fsp3) is 0.114. The zero-order valence-corrected chi connectivity index (χ0v) is 26.8. The number of rotatable bonds is 12. The molecule has 5 aromatic rings. The zero-order chi connectivity index (χ0) is 34.7. The Morgan fingerprint density at radius 3 is 1.48 bits per heavy atom. The summed E-state index contributed by atoms with van der Waals surface area (Å²) in [6.45, 7) is 3.74. The number of alkyl halides is 4. The van der Waals surface area contributed by atoms with Crippen LogP contribution >= 0.6 is 11.8 Å². The van der Waals surface area contributed by atoms with E-state index in [0.29, 0.717) is 22.6 Å². The highest BCUT2D eigenvalue weighted by Crippen LogP contribution is 2.52. The minimum Gasteiger partial charge on any atom is -0.457 e. The van der Waals surface area contributed by atoms with Crippen molar-refractivity contribution in [3.63, 3.8) is 0 Å². The topological polar surface area (TPSA) is 99.1 Å². The molecule has 0 aliphatic heterocycles. The van der Waals surface area contributed by atoms with E-state index in [4.69, 9.17) is 18.8 Å². The molecule has 0 saturated carbocycles. The van der Waals surface area contributed by atoms with E-state index in [-0.39, 0.29) is 28.8 Å². The van der Waals surface area contributed by atoms with Gasteiger partial charge in [-0.25, -0.2) is 0 Å². The van der Waals surface area contributed by atoms with E-state index in [1.807, 2.05) is 26.0 Å². The molecule has 13 heteroatoms. The largest absolute Gasteiger partial charge is 0.457 e. The normalized spacial score (nSPS) is 12.0. The lowest BCUT2D eigenvalue weighted by Gasteiger charge is -2.24. The maximum Gasteiger partial charge on any atom is 0.442 e. The maximum atomic E-state index is 14.6. The molecular formula is C35H26F4O7S2. The fourth-order valence-electron chi connectivity index (χ4n) is 4.19. The Kier molecular flexibility index (Phi) is 9.85. The number of thioether (sulfide) groups is 1. The number of carbonyl (C=O) groups is 1. The highest BCUT2D eigenvalue weighted by atomic mass is 32.2. The van der Waals surface area contributed by atoms with Crippen LogP contribution in [0.25, 0.3) is 0 Å². The number of ether oxygens (including phenoxy) is 3. The number of hydrogen-bond donors (Lipinski definition) is 1. The Labute approximate surface area is 277 Å². The molecule has 5 aromatic carbocycles.